The van der Waals surface area contributed by atoms with Gasteiger partial charge in [-0.2, -0.15) is 0 Å². The number of rotatable bonds is 2. The van der Waals surface area contributed by atoms with Gasteiger partial charge in [-0.15, -0.1) is 0 Å². The molecule has 1 fully saturated rings. The SMILES string of the molecule is CC(=O)N1CCC[C@H](C(=O)NNC(=O)c2oc3ccccc3c2C)C1. The molecule has 7 nitrogen and oxygen atoms in total. The van der Waals surface area contributed by atoms with Gasteiger partial charge in [0.2, 0.25) is 11.8 Å². The Morgan fingerprint density at radius 2 is 1.96 bits per heavy atom. The highest BCUT2D eigenvalue weighted by atomic mass is 16.3. The highest BCUT2D eigenvalue weighted by Crippen LogP contribution is 2.24. The summed E-state index contributed by atoms with van der Waals surface area (Å²) in [6, 6.07) is 7.37. The lowest BCUT2D eigenvalue weighted by molar-refractivity contribution is -0.134. The minimum Gasteiger partial charge on any atom is -0.451 e. The van der Waals surface area contributed by atoms with Crippen LogP contribution >= 0.6 is 0 Å². The van der Waals surface area contributed by atoms with Gasteiger partial charge in [-0.3, -0.25) is 25.2 Å². The summed E-state index contributed by atoms with van der Waals surface area (Å²) in [5.41, 5.74) is 6.20. The number of benzene rings is 1. The predicted octanol–water partition coefficient (Wildman–Crippen LogP) is 1.76. The van der Waals surface area contributed by atoms with Crippen LogP contribution in [0.25, 0.3) is 11.0 Å². The molecule has 1 aliphatic heterocycles. The summed E-state index contributed by atoms with van der Waals surface area (Å²) in [5.74, 6) is -0.987. The van der Waals surface area contributed by atoms with Gasteiger partial charge < -0.3 is 9.32 Å². The van der Waals surface area contributed by atoms with Crippen molar-refractivity contribution < 1.29 is 18.8 Å². The molecular formula is C18H21N3O4. The second kappa shape index (κ2) is 6.96. The predicted molar refractivity (Wildman–Crippen MR) is 91.5 cm³/mol. The number of nitrogens with one attached hydrogen (secondary N) is 2. The van der Waals surface area contributed by atoms with Crippen molar-refractivity contribution in [2.45, 2.75) is 26.7 Å². The van der Waals surface area contributed by atoms with Crippen molar-refractivity contribution in [2.75, 3.05) is 13.1 Å². The lowest BCUT2D eigenvalue weighted by Crippen LogP contribution is -2.49. The van der Waals surface area contributed by atoms with Crippen LogP contribution in [0.15, 0.2) is 28.7 Å². The molecular weight excluding hydrogens is 322 g/mol. The van der Waals surface area contributed by atoms with Crippen LogP contribution in [0.3, 0.4) is 0 Å². The van der Waals surface area contributed by atoms with E-state index in [1.165, 1.54) is 6.92 Å². The Morgan fingerprint density at radius 3 is 2.68 bits per heavy atom. The first-order valence-electron chi connectivity index (χ1n) is 8.31. The number of amides is 3. The van der Waals surface area contributed by atoms with Crippen LogP contribution in [0.1, 0.15) is 35.9 Å². The Hall–Kier alpha value is -2.83. The zero-order valence-corrected chi connectivity index (χ0v) is 14.3. The van der Waals surface area contributed by atoms with Gasteiger partial charge in [0.25, 0.3) is 0 Å². The van der Waals surface area contributed by atoms with Crippen molar-refractivity contribution in [3.63, 3.8) is 0 Å². The molecule has 0 radical (unpaired) electrons. The van der Waals surface area contributed by atoms with Crippen molar-refractivity contribution in [2.24, 2.45) is 5.92 Å². The van der Waals surface area contributed by atoms with E-state index in [-0.39, 0.29) is 23.5 Å². The molecule has 7 heteroatoms. The molecule has 132 valence electrons. The van der Waals surface area contributed by atoms with E-state index in [1.807, 2.05) is 18.2 Å². The number of hydrogen-bond donors (Lipinski definition) is 2. The first-order chi connectivity index (χ1) is 12.0. The number of hydrazine groups is 1. The number of carbonyl (C=O) groups excluding carboxylic acids is 3. The minimum absolute atomic E-state index is 0.0422. The summed E-state index contributed by atoms with van der Waals surface area (Å²) in [5, 5.41) is 0.864. The van der Waals surface area contributed by atoms with Crippen molar-refractivity contribution >= 4 is 28.7 Å². The number of furan rings is 1. The molecule has 2 N–H and O–H groups in total. The molecule has 1 aliphatic rings. The molecule has 2 aromatic rings. The number of aryl methyl sites for hydroxylation is 1. The molecule has 1 aromatic heterocycles. The lowest BCUT2D eigenvalue weighted by atomic mass is 9.97. The van der Waals surface area contributed by atoms with Crippen molar-refractivity contribution in [1.29, 1.82) is 0 Å². The molecule has 0 unspecified atom stereocenters. The van der Waals surface area contributed by atoms with E-state index < -0.39 is 5.91 Å². The summed E-state index contributed by atoms with van der Waals surface area (Å²) in [6.07, 6.45) is 1.46. The minimum atomic E-state index is -0.499. The molecule has 2 heterocycles. The molecule has 3 amide bonds. The molecule has 0 bridgehead atoms. The Labute approximate surface area is 145 Å². The molecule has 1 atom stereocenters. The summed E-state index contributed by atoms with van der Waals surface area (Å²) in [4.78, 5) is 37.7. The third-order valence-electron chi connectivity index (χ3n) is 4.59. The van der Waals surface area contributed by atoms with Gasteiger partial charge in [0.15, 0.2) is 5.76 Å². The van der Waals surface area contributed by atoms with Gasteiger partial charge in [0.1, 0.15) is 5.58 Å². The van der Waals surface area contributed by atoms with Gasteiger partial charge in [-0.25, -0.2) is 0 Å². The monoisotopic (exact) mass is 343 g/mol. The summed E-state index contributed by atoms with van der Waals surface area (Å²) in [6.45, 7) is 4.34. The van der Waals surface area contributed by atoms with Crippen molar-refractivity contribution in [3.05, 3.63) is 35.6 Å². The fourth-order valence-corrected chi connectivity index (χ4v) is 3.15. The highest BCUT2D eigenvalue weighted by molar-refractivity contribution is 5.99. The average Bonchev–Trinajstić information content (AvgIpc) is 2.96. The van der Waals surface area contributed by atoms with E-state index in [9.17, 15) is 14.4 Å². The Morgan fingerprint density at radius 1 is 1.20 bits per heavy atom. The van der Waals surface area contributed by atoms with Crippen LogP contribution < -0.4 is 10.9 Å². The van der Waals surface area contributed by atoms with Crippen LogP contribution in [0.2, 0.25) is 0 Å². The van der Waals surface area contributed by atoms with Crippen LogP contribution in [-0.4, -0.2) is 35.7 Å². The first-order valence-corrected chi connectivity index (χ1v) is 8.31. The molecule has 1 aromatic carbocycles. The number of hydrogen-bond acceptors (Lipinski definition) is 4. The van der Waals surface area contributed by atoms with E-state index in [1.54, 1.807) is 17.9 Å². The van der Waals surface area contributed by atoms with Crippen LogP contribution in [-0.2, 0) is 9.59 Å². The summed E-state index contributed by atoms with van der Waals surface area (Å²) >= 11 is 0. The Bertz CT molecular complexity index is 827. The van der Waals surface area contributed by atoms with Gasteiger partial charge in [0, 0.05) is 31.0 Å². The van der Waals surface area contributed by atoms with E-state index in [4.69, 9.17) is 4.42 Å². The second-order valence-corrected chi connectivity index (χ2v) is 6.30. The topological polar surface area (TPSA) is 91.7 Å². The molecule has 0 saturated carbocycles. The normalized spacial score (nSPS) is 17.4. The van der Waals surface area contributed by atoms with Gasteiger partial charge in [-0.1, -0.05) is 18.2 Å². The maximum atomic E-state index is 12.3. The average molecular weight is 343 g/mol. The van der Waals surface area contributed by atoms with Crippen LogP contribution in [0, 0.1) is 12.8 Å². The number of likely N-dealkylation sites (tertiary alicyclic amines) is 1. The zero-order chi connectivity index (χ0) is 18.0. The number of para-hydroxylation sites is 1. The first kappa shape index (κ1) is 17.0. The summed E-state index contributed by atoms with van der Waals surface area (Å²) in [7, 11) is 0. The lowest BCUT2D eigenvalue weighted by Gasteiger charge is -2.31. The smallest absolute Gasteiger partial charge is 0.305 e. The van der Waals surface area contributed by atoms with Crippen LogP contribution in [0.4, 0.5) is 0 Å². The van der Waals surface area contributed by atoms with E-state index in [0.717, 1.165) is 17.4 Å². The standard InChI is InChI=1S/C18H21N3O4/c1-11-14-7-3-4-8-15(14)25-16(11)18(24)20-19-17(23)13-6-5-9-21(10-13)12(2)22/h3-4,7-8,13H,5-6,9-10H2,1-2H3,(H,19,23)(H,20,24)/t13-/m0/s1. The van der Waals surface area contributed by atoms with E-state index in [0.29, 0.717) is 25.1 Å². The fourth-order valence-electron chi connectivity index (χ4n) is 3.15. The van der Waals surface area contributed by atoms with Gasteiger partial charge in [0.05, 0.1) is 5.92 Å². The largest absolute Gasteiger partial charge is 0.451 e. The Balaban J connectivity index is 1.62. The van der Waals surface area contributed by atoms with Crippen LogP contribution in [0.5, 0.6) is 0 Å². The number of carbonyl (C=O) groups is 3. The van der Waals surface area contributed by atoms with Crippen molar-refractivity contribution in [3.8, 4) is 0 Å². The zero-order valence-electron chi connectivity index (χ0n) is 14.3. The number of piperidine rings is 1. The van der Waals surface area contributed by atoms with E-state index >= 15 is 0 Å². The number of fused-ring (bicyclic) bond motifs is 1. The van der Waals surface area contributed by atoms with Gasteiger partial charge in [-0.05, 0) is 25.8 Å². The fraction of sp³-hybridized carbons (Fsp3) is 0.389. The molecule has 0 aliphatic carbocycles. The third-order valence-corrected chi connectivity index (χ3v) is 4.59. The third kappa shape index (κ3) is 3.50. The summed E-state index contributed by atoms with van der Waals surface area (Å²) < 4.78 is 5.57. The molecule has 0 spiro atoms. The Kier molecular flexibility index (Phi) is 4.74. The number of nitrogens with zero attached hydrogens (tertiary/aromatic N) is 1. The second-order valence-electron chi connectivity index (χ2n) is 6.30. The molecule has 3 rings (SSSR count). The highest BCUT2D eigenvalue weighted by Gasteiger charge is 2.27. The maximum Gasteiger partial charge on any atom is 0.305 e. The van der Waals surface area contributed by atoms with Gasteiger partial charge >= 0.3 is 5.91 Å². The van der Waals surface area contributed by atoms with E-state index in [2.05, 4.69) is 10.9 Å². The molecule has 25 heavy (non-hydrogen) atoms. The maximum absolute atomic E-state index is 12.3. The van der Waals surface area contributed by atoms with Crippen molar-refractivity contribution in [1.82, 2.24) is 15.8 Å². The quantitative estimate of drug-likeness (QED) is 0.813. The molecule has 1 saturated heterocycles.